The zero-order chi connectivity index (χ0) is 24.7. The molecule has 1 unspecified atom stereocenters. The fraction of sp³-hybridized carbons (Fsp3) is 0.207. The Labute approximate surface area is 212 Å². The molecule has 3 nitrogen and oxygen atoms in total. The van der Waals surface area contributed by atoms with Gasteiger partial charge in [0.25, 0.3) is 0 Å². The maximum Gasteiger partial charge on any atom is 0.130 e. The molecule has 2 N–H and O–H groups in total. The zero-order valence-corrected chi connectivity index (χ0v) is 21.1. The molecule has 1 atom stereocenters. The third kappa shape index (κ3) is 6.99. The van der Waals surface area contributed by atoms with E-state index in [4.69, 9.17) is 23.2 Å². The lowest BCUT2D eigenvalue weighted by atomic mass is 9.99. The quantitative estimate of drug-likeness (QED) is 0.287. The highest BCUT2D eigenvalue weighted by molar-refractivity contribution is 6.37. The lowest BCUT2D eigenvalue weighted by molar-refractivity contribution is -0.116. The number of Topliss-reactive ketones (excluding diaryl/α,β-unsaturated/α-hetero) is 1. The molecule has 5 heteroatoms. The Morgan fingerprint density at radius 1 is 0.912 bits per heavy atom. The van der Waals surface area contributed by atoms with Crippen molar-refractivity contribution in [2.45, 2.75) is 39.2 Å². The van der Waals surface area contributed by atoms with Crippen molar-refractivity contribution in [1.29, 1.82) is 0 Å². The van der Waals surface area contributed by atoms with Crippen LogP contribution in [-0.4, -0.2) is 11.8 Å². The van der Waals surface area contributed by atoms with Gasteiger partial charge >= 0.3 is 0 Å². The van der Waals surface area contributed by atoms with Gasteiger partial charge in [0.05, 0.1) is 10.0 Å². The molecular weight excluding hydrogens is 463 g/mol. The summed E-state index contributed by atoms with van der Waals surface area (Å²) in [5, 5.41) is 7.96. The van der Waals surface area contributed by atoms with Crippen LogP contribution < -0.4 is 10.6 Å². The van der Waals surface area contributed by atoms with Crippen molar-refractivity contribution in [3.63, 3.8) is 0 Å². The highest BCUT2D eigenvalue weighted by Gasteiger charge is 2.12. The summed E-state index contributed by atoms with van der Waals surface area (Å²) in [6, 6.07) is 21.9. The maximum absolute atomic E-state index is 11.4. The smallest absolute Gasteiger partial charge is 0.130 e. The van der Waals surface area contributed by atoms with Crippen LogP contribution in [0.15, 0.2) is 79.9 Å². The van der Waals surface area contributed by atoms with Crippen LogP contribution in [0.4, 0.5) is 5.69 Å². The summed E-state index contributed by atoms with van der Waals surface area (Å²) in [6.07, 6.45) is 2.05. The number of rotatable bonds is 11. The van der Waals surface area contributed by atoms with Crippen molar-refractivity contribution < 1.29 is 4.79 Å². The number of halogens is 2. The van der Waals surface area contributed by atoms with E-state index in [2.05, 4.69) is 42.8 Å². The lowest BCUT2D eigenvalue weighted by Gasteiger charge is -2.19. The molecule has 0 amide bonds. The number of nitrogens with one attached hydrogen (secondary N) is 2. The van der Waals surface area contributed by atoms with E-state index < -0.39 is 0 Å². The van der Waals surface area contributed by atoms with E-state index >= 15 is 0 Å². The number of carbonyl (C=O) groups excluding carboxylic acids is 1. The van der Waals surface area contributed by atoms with E-state index in [1.54, 1.807) is 6.92 Å². The summed E-state index contributed by atoms with van der Waals surface area (Å²) in [6.45, 7) is 12.1. The Bertz CT molecular complexity index is 1160. The van der Waals surface area contributed by atoms with Crippen LogP contribution in [0.2, 0.25) is 10.0 Å². The third-order valence-electron chi connectivity index (χ3n) is 5.57. The molecule has 0 saturated carbocycles. The average Bonchev–Trinajstić information content (AvgIpc) is 2.79. The van der Waals surface area contributed by atoms with Crippen LogP contribution in [0.25, 0.3) is 11.4 Å². The van der Waals surface area contributed by atoms with Gasteiger partial charge in [0.1, 0.15) is 5.78 Å². The van der Waals surface area contributed by atoms with Crippen LogP contribution in [0.1, 0.15) is 42.5 Å². The number of benzene rings is 3. The molecule has 34 heavy (non-hydrogen) atoms. The first-order chi connectivity index (χ1) is 16.2. The molecular formula is C29H30Cl2N2O. The fourth-order valence-electron chi connectivity index (χ4n) is 3.87. The summed E-state index contributed by atoms with van der Waals surface area (Å²) in [7, 11) is 0. The summed E-state index contributed by atoms with van der Waals surface area (Å²) in [4.78, 5) is 11.4. The maximum atomic E-state index is 11.4. The summed E-state index contributed by atoms with van der Waals surface area (Å²) >= 11 is 12.6. The van der Waals surface area contributed by atoms with Crippen molar-refractivity contribution in [3.8, 4) is 0 Å². The number of anilines is 1. The zero-order valence-electron chi connectivity index (χ0n) is 19.6. The van der Waals surface area contributed by atoms with Gasteiger partial charge in [-0.15, -0.1) is 0 Å². The molecule has 0 heterocycles. The van der Waals surface area contributed by atoms with E-state index in [1.165, 1.54) is 5.56 Å². The van der Waals surface area contributed by atoms with Gasteiger partial charge in [0, 0.05) is 40.7 Å². The molecule has 0 saturated heterocycles. The van der Waals surface area contributed by atoms with Gasteiger partial charge < -0.3 is 15.4 Å². The standard InChI is InChI=1S/C29H30Cl2N2O/c1-19(32-22(4)29-27(30)10-7-11-28(29)31)18-23-13-16-25(17-14-23)33-21(3)26-9-6-5-8-24(26)15-12-20(2)34/h5-11,13-14,16-17,19,32-33H,3-4,12,15,18H2,1-2H3. The Kier molecular flexibility index (Phi) is 8.98. The second kappa shape index (κ2) is 11.9. The molecule has 0 aromatic heterocycles. The van der Waals surface area contributed by atoms with Crippen LogP contribution in [0.3, 0.4) is 0 Å². The fourth-order valence-corrected chi connectivity index (χ4v) is 4.50. The minimum Gasteiger partial charge on any atom is -0.382 e. The number of carbonyl (C=O) groups is 1. The predicted molar refractivity (Wildman–Crippen MR) is 146 cm³/mol. The molecule has 3 aromatic rings. The Morgan fingerprint density at radius 3 is 2.21 bits per heavy atom. The van der Waals surface area contributed by atoms with E-state index in [0.717, 1.165) is 34.5 Å². The molecule has 0 aliphatic heterocycles. The van der Waals surface area contributed by atoms with Crippen LogP contribution in [0, 0.1) is 0 Å². The second-order valence-corrected chi connectivity index (χ2v) is 9.30. The Hall–Kier alpha value is -3.01. The molecule has 176 valence electrons. The molecule has 3 rings (SSSR count). The summed E-state index contributed by atoms with van der Waals surface area (Å²) < 4.78 is 0. The van der Waals surface area contributed by atoms with Gasteiger partial charge in [-0.1, -0.05) is 78.8 Å². The lowest BCUT2D eigenvalue weighted by Crippen LogP contribution is -2.26. The van der Waals surface area contributed by atoms with Crippen molar-refractivity contribution >= 4 is 46.1 Å². The van der Waals surface area contributed by atoms with Crippen molar-refractivity contribution in [1.82, 2.24) is 5.32 Å². The van der Waals surface area contributed by atoms with Gasteiger partial charge in [-0.3, -0.25) is 0 Å². The first kappa shape index (κ1) is 25.6. The molecule has 0 bridgehead atoms. The number of hydrogen-bond acceptors (Lipinski definition) is 3. The Balaban J connectivity index is 1.60. The summed E-state index contributed by atoms with van der Waals surface area (Å²) in [5.74, 6) is 0.186. The molecule has 0 aliphatic carbocycles. The monoisotopic (exact) mass is 492 g/mol. The molecule has 3 aromatic carbocycles. The van der Waals surface area contributed by atoms with E-state index in [9.17, 15) is 4.79 Å². The van der Waals surface area contributed by atoms with Crippen molar-refractivity contribution in [2.75, 3.05) is 5.32 Å². The molecule has 0 spiro atoms. The molecule has 0 fully saturated rings. The number of aryl methyl sites for hydroxylation is 1. The van der Waals surface area contributed by atoms with Crippen LogP contribution in [0.5, 0.6) is 0 Å². The van der Waals surface area contributed by atoms with Crippen molar-refractivity contribution in [2.24, 2.45) is 0 Å². The van der Waals surface area contributed by atoms with Crippen molar-refractivity contribution in [3.05, 3.63) is 112 Å². The first-order valence-electron chi connectivity index (χ1n) is 11.3. The van der Waals surface area contributed by atoms with Crippen LogP contribution in [-0.2, 0) is 17.6 Å². The summed E-state index contributed by atoms with van der Waals surface area (Å²) in [5.41, 5.74) is 6.56. The van der Waals surface area contributed by atoms with Gasteiger partial charge in [0.15, 0.2) is 0 Å². The topological polar surface area (TPSA) is 41.1 Å². The normalized spacial score (nSPS) is 11.5. The highest BCUT2D eigenvalue weighted by Crippen LogP contribution is 2.29. The highest BCUT2D eigenvalue weighted by atomic mass is 35.5. The molecule has 0 radical (unpaired) electrons. The van der Waals surface area contributed by atoms with Gasteiger partial charge in [-0.25, -0.2) is 0 Å². The van der Waals surface area contributed by atoms with Gasteiger partial charge in [-0.05, 0) is 62.1 Å². The van der Waals surface area contributed by atoms with Gasteiger partial charge in [0.2, 0.25) is 0 Å². The van der Waals surface area contributed by atoms with E-state index in [1.807, 2.05) is 54.6 Å². The number of hydrogen-bond donors (Lipinski definition) is 2. The number of ketones is 1. The minimum atomic E-state index is 0.141. The SMILES string of the molecule is C=C(Nc1ccc(CC(C)NC(=C)c2c(Cl)cccc2Cl)cc1)c1ccccc1CCC(C)=O. The van der Waals surface area contributed by atoms with E-state index in [0.29, 0.717) is 28.6 Å². The largest absolute Gasteiger partial charge is 0.382 e. The third-order valence-corrected chi connectivity index (χ3v) is 6.20. The predicted octanol–water partition coefficient (Wildman–Crippen LogP) is 7.79. The van der Waals surface area contributed by atoms with Crippen LogP contribution >= 0.6 is 23.2 Å². The Morgan fingerprint density at radius 2 is 1.56 bits per heavy atom. The van der Waals surface area contributed by atoms with Gasteiger partial charge in [-0.2, -0.15) is 0 Å². The van der Waals surface area contributed by atoms with E-state index in [-0.39, 0.29) is 11.8 Å². The second-order valence-electron chi connectivity index (χ2n) is 8.48. The first-order valence-corrected chi connectivity index (χ1v) is 12.0. The molecule has 0 aliphatic rings. The minimum absolute atomic E-state index is 0.141. The average molecular weight is 493 g/mol.